The Hall–Kier alpha value is -2.48. The van der Waals surface area contributed by atoms with E-state index < -0.39 is 22.5 Å². The Morgan fingerprint density at radius 1 is 1.32 bits per heavy atom. The Balaban J connectivity index is 2.05. The van der Waals surface area contributed by atoms with Crippen molar-refractivity contribution in [3.05, 3.63) is 68.4 Å². The van der Waals surface area contributed by atoms with Crippen LogP contribution in [0.2, 0.25) is 0 Å². The molecule has 2 aromatic carbocycles. The largest absolute Gasteiger partial charge is 0.444 e. The van der Waals surface area contributed by atoms with Crippen molar-refractivity contribution in [2.75, 3.05) is 5.32 Å². The summed E-state index contributed by atoms with van der Waals surface area (Å²) < 4.78 is 18.5. The molecular weight excluding hydrogens is 359 g/mol. The topological polar surface area (TPSA) is 81.5 Å². The standard InChI is InChI=1S/C14H10BrFN2O4/c15-10-6-11(16)13(18(20)21)7-12(10)17-14(19)22-8-9-4-2-1-3-5-9/h1-7H,8H2,(H,17,19). The summed E-state index contributed by atoms with van der Waals surface area (Å²) in [6, 6.07) is 10.8. The number of ether oxygens (including phenoxy) is 1. The van der Waals surface area contributed by atoms with Crippen LogP contribution < -0.4 is 5.32 Å². The Morgan fingerprint density at radius 2 is 2.00 bits per heavy atom. The van der Waals surface area contributed by atoms with Gasteiger partial charge in [0.2, 0.25) is 5.82 Å². The monoisotopic (exact) mass is 368 g/mol. The minimum Gasteiger partial charge on any atom is -0.444 e. The Bertz CT molecular complexity index is 709. The van der Waals surface area contributed by atoms with Gasteiger partial charge in [-0.15, -0.1) is 0 Å². The van der Waals surface area contributed by atoms with Crippen molar-refractivity contribution in [1.29, 1.82) is 0 Å². The predicted octanol–water partition coefficient (Wildman–Crippen LogP) is 4.25. The van der Waals surface area contributed by atoms with Crippen molar-refractivity contribution in [1.82, 2.24) is 0 Å². The number of hydrogen-bond donors (Lipinski definition) is 1. The second-order valence-corrected chi connectivity index (χ2v) is 5.08. The van der Waals surface area contributed by atoms with Crippen molar-refractivity contribution < 1.29 is 18.8 Å². The minimum absolute atomic E-state index is 0.0474. The van der Waals surface area contributed by atoms with Gasteiger partial charge < -0.3 is 4.74 Å². The SMILES string of the molecule is O=C(Nc1cc([N+](=O)[O-])c(F)cc1Br)OCc1ccccc1. The number of nitro groups is 1. The molecule has 2 aromatic rings. The maximum absolute atomic E-state index is 13.4. The maximum atomic E-state index is 13.4. The lowest BCUT2D eigenvalue weighted by Crippen LogP contribution is -2.14. The van der Waals surface area contributed by atoms with Crippen molar-refractivity contribution in [2.24, 2.45) is 0 Å². The molecule has 1 N–H and O–H groups in total. The zero-order valence-corrected chi connectivity index (χ0v) is 12.7. The van der Waals surface area contributed by atoms with Gasteiger partial charge >= 0.3 is 11.8 Å². The molecule has 2 rings (SSSR count). The maximum Gasteiger partial charge on any atom is 0.411 e. The summed E-state index contributed by atoms with van der Waals surface area (Å²) in [4.78, 5) is 21.5. The zero-order chi connectivity index (χ0) is 16.1. The molecule has 8 heteroatoms. The van der Waals surface area contributed by atoms with Gasteiger partial charge in [-0.1, -0.05) is 30.3 Å². The van der Waals surface area contributed by atoms with Crippen LogP contribution in [0.1, 0.15) is 5.56 Å². The summed E-state index contributed by atoms with van der Waals surface area (Å²) in [6.45, 7) is 0.0492. The van der Waals surface area contributed by atoms with E-state index in [2.05, 4.69) is 21.2 Å². The van der Waals surface area contributed by atoms with E-state index in [1.165, 1.54) is 0 Å². The van der Waals surface area contributed by atoms with Crippen LogP contribution >= 0.6 is 15.9 Å². The summed E-state index contributed by atoms with van der Waals surface area (Å²) in [5.41, 5.74) is 0.106. The lowest BCUT2D eigenvalue weighted by molar-refractivity contribution is -0.387. The minimum atomic E-state index is -1.000. The van der Waals surface area contributed by atoms with Crippen LogP contribution in [0, 0.1) is 15.9 Å². The molecule has 0 saturated carbocycles. The molecule has 1 amide bonds. The number of nitro benzene ring substituents is 1. The number of anilines is 1. The van der Waals surface area contributed by atoms with Gasteiger partial charge in [0.15, 0.2) is 0 Å². The summed E-state index contributed by atoms with van der Waals surface area (Å²) in [5, 5.41) is 13.0. The van der Waals surface area contributed by atoms with Crippen molar-refractivity contribution in [3.8, 4) is 0 Å². The molecule has 0 radical (unpaired) electrons. The number of benzene rings is 2. The lowest BCUT2D eigenvalue weighted by atomic mass is 10.2. The molecule has 0 bridgehead atoms. The van der Waals surface area contributed by atoms with Crippen LogP contribution in [0.3, 0.4) is 0 Å². The van der Waals surface area contributed by atoms with E-state index in [0.717, 1.165) is 17.7 Å². The lowest BCUT2D eigenvalue weighted by Gasteiger charge is -2.09. The van der Waals surface area contributed by atoms with Crippen molar-refractivity contribution in [3.63, 3.8) is 0 Å². The van der Waals surface area contributed by atoms with Crippen LogP contribution in [0.5, 0.6) is 0 Å². The fraction of sp³-hybridized carbons (Fsp3) is 0.0714. The molecule has 0 atom stereocenters. The highest BCUT2D eigenvalue weighted by Gasteiger charge is 2.18. The van der Waals surface area contributed by atoms with Gasteiger partial charge in [0, 0.05) is 10.5 Å². The fourth-order valence-electron chi connectivity index (χ4n) is 1.64. The number of nitrogens with one attached hydrogen (secondary N) is 1. The van der Waals surface area contributed by atoms with Gasteiger partial charge in [0.05, 0.1) is 10.6 Å². The third kappa shape index (κ3) is 4.01. The van der Waals surface area contributed by atoms with Gasteiger partial charge in [-0.25, -0.2) is 4.79 Å². The first-order valence-electron chi connectivity index (χ1n) is 6.08. The molecular formula is C14H10BrFN2O4. The molecule has 114 valence electrons. The number of hydrogen-bond acceptors (Lipinski definition) is 4. The van der Waals surface area contributed by atoms with Gasteiger partial charge in [0.1, 0.15) is 6.61 Å². The summed E-state index contributed by atoms with van der Waals surface area (Å²) >= 11 is 3.02. The number of amides is 1. The molecule has 22 heavy (non-hydrogen) atoms. The highest BCUT2D eigenvalue weighted by molar-refractivity contribution is 9.10. The first-order chi connectivity index (χ1) is 10.5. The molecule has 0 aromatic heterocycles. The van der Waals surface area contributed by atoms with Crippen LogP contribution in [0.25, 0.3) is 0 Å². The first kappa shape index (κ1) is 15.9. The van der Waals surface area contributed by atoms with Gasteiger partial charge in [-0.05, 0) is 27.6 Å². The first-order valence-corrected chi connectivity index (χ1v) is 6.88. The van der Waals surface area contributed by atoms with E-state index in [4.69, 9.17) is 4.74 Å². The Kier molecular flexibility index (Phi) is 5.05. The van der Waals surface area contributed by atoms with E-state index in [9.17, 15) is 19.3 Å². The highest BCUT2D eigenvalue weighted by atomic mass is 79.9. The average molecular weight is 369 g/mol. The second kappa shape index (κ2) is 6.99. The quantitative estimate of drug-likeness (QED) is 0.646. The molecule has 0 spiro atoms. The van der Waals surface area contributed by atoms with E-state index in [-0.39, 0.29) is 16.8 Å². The fourth-order valence-corrected chi connectivity index (χ4v) is 2.06. The predicted molar refractivity (Wildman–Crippen MR) is 81.0 cm³/mol. The Labute approximate surface area is 133 Å². The van der Waals surface area contributed by atoms with Crippen LogP contribution in [-0.2, 0) is 11.3 Å². The third-order valence-corrected chi connectivity index (χ3v) is 3.34. The molecule has 6 nitrogen and oxygen atoms in total. The van der Waals surface area contributed by atoms with Crippen molar-refractivity contribution >= 4 is 33.4 Å². The third-order valence-electron chi connectivity index (χ3n) is 2.68. The van der Waals surface area contributed by atoms with Gasteiger partial charge in [0.25, 0.3) is 0 Å². The molecule has 0 aliphatic carbocycles. The second-order valence-electron chi connectivity index (χ2n) is 4.23. The van der Waals surface area contributed by atoms with Gasteiger partial charge in [-0.3, -0.25) is 15.4 Å². The molecule has 0 unspecified atom stereocenters. The van der Waals surface area contributed by atoms with E-state index in [0.29, 0.717) is 0 Å². The molecule has 0 aliphatic heterocycles. The summed E-state index contributed by atoms with van der Waals surface area (Å²) in [5.74, 6) is -1.000. The summed E-state index contributed by atoms with van der Waals surface area (Å²) in [6.07, 6.45) is -0.801. The van der Waals surface area contributed by atoms with E-state index in [1.54, 1.807) is 24.3 Å². The van der Waals surface area contributed by atoms with Crippen LogP contribution in [-0.4, -0.2) is 11.0 Å². The van der Waals surface area contributed by atoms with Gasteiger partial charge in [-0.2, -0.15) is 4.39 Å². The molecule has 0 saturated heterocycles. The van der Waals surface area contributed by atoms with E-state index >= 15 is 0 Å². The van der Waals surface area contributed by atoms with Crippen LogP contribution in [0.4, 0.5) is 20.6 Å². The molecule has 0 heterocycles. The summed E-state index contributed by atoms with van der Waals surface area (Å²) in [7, 11) is 0. The zero-order valence-electron chi connectivity index (χ0n) is 11.1. The van der Waals surface area contributed by atoms with E-state index in [1.807, 2.05) is 6.07 Å². The smallest absolute Gasteiger partial charge is 0.411 e. The highest BCUT2D eigenvalue weighted by Crippen LogP contribution is 2.30. The number of nitrogens with zero attached hydrogens (tertiary/aromatic N) is 1. The number of halogens is 2. The number of rotatable bonds is 4. The average Bonchev–Trinajstić information content (AvgIpc) is 2.48. The van der Waals surface area contributed by atoms with Crippen molar-refractivity contribution in [2.45, 2.75) is 6.61 Å². The Morgan fingerprint density at radius 3 is 2.64 bits per heavy atom. The number of carbonyl (C=O) groups is 1. The number of carbonyl (C=O) groups excluding carboxylic acids is 1. The normalized spacial score (nSPS) is 10.1. The molecule has 0 aliphatic rings. The molecule has 0 fully saturated rings. The van der Waals surface area contributed by atoms with Crippen LogP contribution in [0.15, 0.2) is 46.9 Å².